The first-order valence-corrected chi connectivity index (χ1v) is 5.50. The van der Waals surface area contributed by atoms with E-state index in [9.17, 15) is 0 Å². The van der Waals surface area contributed by atoms with E-state index in [2.05, 4.69) is 24.2 Å². The second kappa shape index (κ2) is 4.49. The monoisotopic (exact) mass is 215 g/mol. The molecule has 0 amide bonds. The first-order chi connectivity index (χ1) is 7.70. The highest BCUT2D eigenvalue weighted by Gasteiger charge is 2.19. The average Bonchev–Trinajstić information content (AvgIpc) is 2.74. The second-order valence-electron chi connectivity index (χ2n) is 4.15. The van der Waals surface area contributed by atoms with Crippen LogP contribution in [0.2, 0.25) is 0 Å². The van der Waals surface area contributed by atoms with Crippen LogP contribution in [0.4, 0.5) is 0 Å². The van der Waals surface area contributed by atoms with Crippen molar-refractivity contribution in [1.82, 2.24) is 9.78 Å². The lowest BCUT2D eigenvalue weighted by Crippen LogP contribution is -2.31. The fourth-order valence-corrected chi connectivity index (χ4v) is 2.03. The maximum atomic E-state index is 6.07. The van der Waals surface area contributed by atoms with Crippen molar-refractivity contribution in [2.45, 2.75) is 25.9 Å². The van der Waals surface area contributed by atoms with Gasteiger partial charge in [0, 0.05) is 18.4 Å². The molecule has 0 aliphatic heterocycles. The van der Waals surface area contributed by atoms with Gasteiger partial charge >= 0.3 is 0 Å². The summed E-state index contributed by atoms with van der Waals surface area (Å²) in [4.78, 5) is 0. The molecule has 0 spiro atoms. The highest BCUT2D eigenvalue weighted by atomic mass is 15.3. The van der Waals surface area contributed by atoms with Crippen LogP contribution in [0.15, 0.2) is 42.7 Å². The second-order valence-corrected chi connectivity index (χ2v) is 4.15. The Labute approximate surface area is 95.9 Å². The number of hydrogen-bond donors (Lipinski definition) is 1. The van der Waals surface area contributed by atoms with Gasteiger partial charge in [0.2, 0.25) is 0 Å². The van der Waals surface area contributed by atoms with Gasteiger partial charge in [-0.2, -0.15) is 5.10 Å². The van der Waals surface area contributed by atoms with Gasteiger partial charge in [-0.25, -0.2) is 0 Å². The summed E-state index contributed by atoms with van der Waals surface area (Å²) in [5, 5.41) is 4.29. The van der Waals surface area contributed by atoms with Crippen molar-refractivity contribution in [3.05, 3.63) is 53.9 Å². The van der Waals surface area contributed by atoms with E-state index in [0.717, 1.165) is 0 Å². The zero-order valence-electron chi connectivity index (χ0n) is 9.67. The zero-order chi connectivity index (χ0) is 11.5. The topological polar surface area (TPSA) is 43.8 Å². The van der Waals surface area contributed by atoms with Crippen LogP contribution in [0, 0.1) is 6.92 Å². The predicted molar refractivity (Wildman–Crippen MR) is 65.2 cm³/mol. The molecule has 0 bridgehead atoms. The largest absolute Gasteiger partial charge is 0.326 e. The van der Waals surface area contributed by atoms with Crippen LogP contribution in [0.25, 0.3) is 0 Å². The van der Waals surface area contributed by atoms with E-state index in [0.29, 0.717) is 0 Å². The summed E-state index contributed by atoms with van der Waals surface area (Å²) < 4.78 is 1.92. The number of nitrogens with two attached hydrogens (primary N) is 1. The predicted octanol–water partition coefficient (Wildman–Crippen LogP) is 2.13. The Balaban J connectivity index is 2.45. The molecule has 3 nitrogen and oxygen atoms in total. The number of nitrogens with zero attached hydrogens (tertiary/aromatic N) is 2. The number of aryl methyl sites for hydroxylation is 1. The minimum atomic E-state index is 0.0287. The van der Waals surface area contributed by atoms with Gasteiger partial charge in [0.05, 0.1) is 6.04 Å². The van der Waals surface area contributed by atoms with Gasteiger partial charge in [0.25, 0.3) is 0 Å². The normalized spacial score (nSPS) is 14.7. The third-order valence-corrected chi connectivity index (χ3v) is 2.82. The quantitative estimate of drug-likeness (QED) is 0.852. The molecule has 2 aromatic rings. The maximum absolute atomic E-state index is 6.07. The van der Waals surface area contributed by atoms with Crippen LogP contribution in [-0.4, -0.2) is 15.8 Å². The Bertz CT molecular complexity index is 446. The van der Waals surface area contributed by atoms with E-state index in [1.807, 2.05) is 36.0 Å². The minimum absolute atomic E-state index is 0.0287. The van der Waals surface area contributed by atoms with Crippen LogP contribution in [0.5, 0.6) is 0 Å². The molecule has 2 rings (SSSR count). The lowest BCUT2D eigenvalue weighted by atomic mass is 9.97. The van der Waals surface area contributed by atoms with Crippen LogP contribution >= 0.6 is 0 Å². The summed E-state index contributed by atoms with van der Waals surface area (Å²) in [6, 6.07) is 10.4. The lowest BCUT2D eigenvalue weighted by Gasteiger charge is -2.23. The molecule has 0 unspecified atom stereocenters. The molecule has 0 saturated carbocycles. The molecule has 2 atom stereocenters. The summed E-state index contributed by atoms with van der Waals surface area (Å²) in [6.07, 6.45) is 3.74. The van der Waals surface area contributed by atoms with Crippen LogP contribution in [0.3, 0.4) is 0 Å². The van der Waals surface area contributed by atoms with Gasteiger partial charge in [-0.1, -0.05) is 24.3 Å². The summed E-state index contributed by atoms with van der Waals surface area (Å²) >= 11 is 0. The van der Waals surface area contributed by atoms with Crippen molar-refractivity contribution in [3.8, 4) is 0 Å². The molecular weight excluding hydrogens is 198 g/mol. The van der Waals surface area contributed by atoms with Crippen molar-refractivity contribution >= 4 is 0 Å². The van der Waals surface area contributed by atoms with E-state index < -0.39 is 0 Å². The van der Waals surface area contributed by atoms with Crippen LogP contribution in [0.1, 0.15) is 24.1 Å². The molecule has 1 heterocycles. The molecule has 0 saturated heterocycles. The minimum Gasteiger partial charge on any atom is -0.326 e. The van der Waals surface area contributed by atoms with E-state index in [-0.39, 0.29) is 12.1 Å². The van der Waals surface area contributed by atoms with E-state index in [1.54, 1.807) is 6.20 Å². The Hall–Kier alpha value is -1.61. The summed E-state index contributed by atoms with van der Waals surface area (Å²) in [7, 11) is 0. The Morgan fingerprint density at radius 3 is 2.56 bits per heavy atom. The summed E-state index contributed by atoms with van der Waals surface area (Å²) in [5.74, 6) is 0. The van der Waals surface area contributed by atoms with Crippen molar-refractivity contribution in [2.75, 3.05) is 0 Å². The number of hydrogen-bond acceptors (Lipinski definition) is 2. The summed E-state index contributed by atoms with van der Waals surface area (Å²) in [5.41, 5.74) is 8.56. The summed E-state index contributed by atoms with van der Waals surface area (Å²) in [6.45, 7) is 4.12. The number of aromatic nitrogens is 2. The van der Waals surface area contributed by atoms with E-state index >= 15 is 0 Å². The molecule has 16 heavy (non-hydrogen) atoms. The molecule has 3 heteroatoms. The first kappa shape index (κ1) is 10.9. The van der Waals surface area contributed by atoms with Crippen molar-refractivity contribution in [2.24, 2.45) is 5.73 Å². The molecule has 0 fully saturated rings. The molecular formula is C13H17N3. The van der Waals surface area contributed by atoms with Crippen LogP contribution < -0.4 is 5.73 Å². The number of benzene rings is 1. The van der Waals surface area contributed by atoms with Gasteiger partial charge in [-0.3, -0.25) is 4.68 Å². The maximum Gasteiger partial charge on any atom is 0.0919 e. The third kappa shape index (κ3) is 1.99. The van der Waals surface area contributed by atoms with Gasteiger partial charge in [-0.05, 0) is 31.0 Å². The smallest absolute Gasteiger partial charge is 0.0919 e. The molecule has 0 radical (unpaired) electrons. The Kier molecular flexibility index (Phi) is 3.06. The molecule has 1 aromatic carbocycles. The average molecular weight is 215 g/mol. The fourth-order valence-electron chi connectivity index (χ4n) is 2.03. The molecule has 0 aliphatic rings. The van der Waals surface area contributed by atoms with Crippen molar-refractivity contribution in [1.29, 1.82) is 0 Å². The molecule has 2 N–H and O–H groups in total. The number of rotatable bonds is 3. The van der Waals surface area contributed by atoms with Crippen LogP contribution in [-0.2, 0) is 0 Å². The fraction of sp³-hybridized carbons (Fsp3) is 0.308. The van der Waals surface area contributed by atoms with Gasteiger partial charge in [-0.15, -0.1) is 0 Å². The van der Waals surface area contributed by atoms with Gasteiger partial charge < -0.3 is 5.73 Å². The van der Waals surface area contributed by atoms with E-state index in [1.165, 1.54) is 11.1 Å². The van der Waals surface area contributed by atoms with Crippen molar-refractivity contribution in [3.63, 3.8) is 0 Å². The SMILES string of the molecule is Cc1ccccc1[C@H]([C@H](C)N)n1cccn1. The van der Waals surface area contributed by atoms with Crippen molar-refractivity contribution < 1.29 is 0 Å². The first-order valence-electron chi connectivity index (χ1n) is 5.50. The lowest BCUT2D eigenvalue weighted by molar-refractivity contribution is 0.452. The van der Waals surface area contributed by atoms with E-state index in [4.69, 9.17) is 5.73 Å². The Morgan fingerprint density at radius 2 is 2.00 bits per heavy atom. The Morgan fingerprint density at radius 1 is 1.25 bits per heavy atom. The third-order valence-electron chi connectivity index (χ3n) is 2.82. The molecule has 0 aliphatic carbocycles. The highest BCUT2D eigenvalue weighted by Crippen LogP contribution is 2.23. The molecule has 1 aromatic heterocycles. The van der Waals surface area contributed by atoms with Gasteiger partial charge in [0.15, 0.2) is 0 Å². The van der Waals surface area contributed by atoms with Gasteiger partial charge in [0.1, 0.15) is 0 Å². The zero-order valence-corrected chi connectivity index (χ0v) is 9.67. The standard InChI is InChI=1S/C13H17N3/c1-10-6-3-4-7-12(10)13(11(2)14)16-9-5-8-15-16/h3-9,11,13H,14H2,1-2H3/t11-,13-/m0/s1. The molecule has 84 valence electrons. The highest BCUT2D eigenvalue weighted by molar-refractivity contribution is 5.30.